The lowest BCUT2D eigenvalue weighted by atomic mass is 9.83. The van der Waals surface area contributed by atoms with E-state index in [0.717, 1.165) is 5.56 Å². The van der Waals surface area contributed by atoms with Crippen LogP contribution in [0.3, 0.4) is 0 Å². The van der Waals surface area contributed by atoms with Gasteiger partial charge in [-0.1, -0.05) is 13.0 Å². The number of hydrogen-bond donors (Lipinski definition) is 2. The Balaban J connectivity index is 2.36. The molecule has 0 fully saturated rings. The van der Waals surface area contributed by atoms with E-state index in [-0.39, 0.29) is 24.2 Å². The van der Waals surface area contributed by atoms with Crippen LogP contribution in [0.4, 0.5) is 5.69 Å². The molecule has 0 bridgehead atoms. The first-order valence-corrected chi connectivity index (χ1v) is 5.85. The topological polar surface area (TPSA) is 75.6 Å². The first kappa shape index (κ1) is 12.4. The average molecular weight is 249 g/mol. The lowest BCUT2D eigenvalue weighted by Gasteiger charge is -2.29. The number of aromatic hydroxyl groups is 1. The molecule has 0 aliphatic carbocycles. The minimum Gasteiger partial charge on any atom is -0.508 e. The molecule has 2 N–H and O–H groups in total. The second-order valence-corrected chi connectivity index (χ2v) is 4.28. The Kier molecular flexibility index (Phi) is 3.23. The van der Waals surface area contributed by atoms with E-state index in [1.54, 1.807) is 19.9 Å². The molecule has 0 radical (unpaired) electrons. The van der Waals surface area contributed by atoms with Gasteiger partial charge >= 0.3 is 5.97 Å². The summed E-state index contributed by atoms with van der Waals surface area (Å²) in [5.74, 6) is -1.92. The molecule has 1 aromatic carbocycles. The number of anilines is 1. The fourth-order valence-electron chi connectivity index (χ4n) is 2.21. The first-order chi connectivity index (χ1) is 8.54. The maximum Gasteiger partial charge on any atom is 0.319 e. The zero-order valence-corrected chi connectivity index (χ0v) is 10.3. The minimum atomic E-state index is -0.831. The van der Waals surface area contributed by atoms with Gasteiger partial charge in [0.2, 0.25) is 5.91 Å². The summed E-state index contributed by atoms with van der Waals surface area (Å²) in [4.78, 5) is 23.7. The standard InChI is InChI=1S/C13H15NO4/c1-3-18-13(17)11-7(2)9-5-4-8(15)6-10(9)14-12(11)16/h4-7,11,15H,3H2,1-2H3,(H,14,16). The summed E-state index contributed by atoms with van der Waals surface area (Å²) in [5, 5.41) is 12.0. The van der Waals surface area contributed by atoms with Gasteiger partial charge in [-0.05, 0) is 18.6 Å². The summed E-state index contributed by atoms with van der Waals surface area (Å²) in [6.07, 6.45) is 0. The van der Waals surface area contributed by atoms with E-state index >= 15 is 0 Å². The van der Waals surface area contributed by atoms with Crippen molar-refractivity contribution >= 4 is 17.6 Å². The van der Waals surface area contributed by atoms with Gasteiger partial charge in [0, 0.05) is 17.7 Å². The molecule has 5 nitrogen and oxygen atoms in total. The molecule has 18 heavy (non-hydrogen) atoms. The van der Waals surface area contributed by atoms with Crippen LogP contribution in [0.1, 0.15) is 25.3 Å². The summed E-state index contributed by atoms with van der Waals surface area (Å²) in [6.45, 7) is 3.75. The van der Waals surface area contributed by atoms with Gasteiger partial charge in [-0.25, -0.2) is 0 Å². The lowest BCUT2D eigenvalue weighted by Crippen LogP contribution is -2.38. The van der Waals surface area contributed by atoms with Gasteiger partial charge < -0.3 is 15.2 Å². The summed E-state index contributed by atoms with van der Waals surface area (Å²) in [5.41, 5.74) is 1.37. The normalized spacial score (nSPS) is 22.0. The average Bonchev–Trinajstić information content (AvgIpc) is 2.28. The van der Waals surface area contributed by atoms with E-state index < -0.39 is 11.9 Å². The molecule has 0 spiro atoms. The molecule has 1 amide bonds. The maximum absolute atomic E-state index is 11.9. The molecule has 1 aromatic rings. The summed E-state index contributed by atoms with van der Waals surface area (Å²) < 4.78 is 4.91. The molecule has 0 aromatic heterocycles. The Morgan fingerprint density at radius 3 is 2.89 bits per heavy atom. The first-order valence-electron chi connectivity index (χ1n) is 5.85. The maximum atomic E-state index is 11.9. The molecule has 2 unspecified atom stereocenters. The fourth-order valence-corrected chi connectivity index (χ4v) is 2.21. The Labute approximate surface area is 105 Å². The van der Waals surface area contributed by atoms with E-state index in [1.165, 1.54) is 12.1 Å². The smallest absolute Gasteiger partial charge is 0.319 e. The van der Waals surface area contributed by atoms with Crippen LogP contribution in [0, 0.1) is 5.92 Å². The Bertz CT molecular complexity index is 498. The quantitative estimate of drug-likeness (QED) is 0.617. The van der Waals surface area contributed by atoms with Crippen molar-refractivity contribution in [1.29, 1.82) is 0 Å². The van der Waals surface area contributed by atoms with Crippen molar-refractivity contribution in [2.75, 3.05) is 11.9 Å². The highest BCUT2D eigenvalue weighted by Gasteiger charge is 2.39. The monoisotopic (exact) mass is 249 g/mol. The number of fused-ring (bicyclic) bond motifs is 1. The van der Waals surface area contributed by atoms with Crippen LogP contribution in [0.25, 0.3) is 0 Å². The van der Waals surface area contributed by atoms with Gasteiger partial charge in [-0.15, -0.1) is 0 Å². The molecular formula is C13H15NO4. The number of rotatable bonds is 2. The predicted molar refractivity (Wildman–Crippen MR) is 65.3 cm³/mol. The van der Waals surface area contributed by atoms with E-state index in [9.17, 15) is 14.7 Å². The van der Waals surface area contributed by atoms with Crippen LogP contribution in [0.15, 0.2) is 18.2 Å². The predicted octanol–water partition coefficient (Wildman–Crippen LogP) is 1.63. The molecular weight excluding hydrogens is 234 g/mol. The number of hydrogen-bond acceptors (Lipinski definition) is 4. The highest BCUT2D eigenvalue weighted by molar-refractivity contribution is 6.08. The molecule has 96 valence electrons. The fraction of sp³-hybridized carbons (Fsp3) is 0.385. The molecule has 2 rings (SSSR count). The number of amides is 1. The van der Waals surface area contributed by atoms with Crippen molar-refractivity contribution < 1.29 is 19.4 Å². The second kappa shape index (κ2) is 4.68. The van der Waals surface area contributed by atoms with Gasteiger partial charge in [0.25, 0.3) is 0 Å². The zero-order chi connectivity index (χ0) is 13.3. The van der Waals surface area contributed by atoms with Crippen molar-refractivity contribution in [1.82, 2.24) is 0 Å². The molecule has 1 heterocycles. The SMILES string of the molecule is CCOC(=O)C1C(=O)Nc2cc(O)ccc2C1C. The van der Waals surface area contributed by atoms with Crippen LogP contribution >= 0.6 is 0 Å². The van der Waals surface area contributed by atoms with Crippen molar-refractivity contribution in [3.05, 3.63) is 23.8 Å². The molecule has 2 atom stereocenters. The molecule has 0 saturated heterocycles. The molecule has 1 aliphatic heterocycles. The van der Waals surface area contributed by atoms with Crippen LogP contribution in [-0.2, 0) is 14.3 Å². The minimum absolute atomic E-state index is 0.0795. The highest BCUT2D eigenvalue weighted by Crippen LogP contribution is 2.37. The molecule has 5 heteroatoms. The van der Waals surface area contributed by atoms with E-state index in [2.05, 4.69) is 5.32 Å². The number of phenolic OH excluding ortho intramolecular Hbond substituents is 1. The van der Waals surface area contributed by atoms with Gasteiger partial charge in [0.05, 0.1) is 6.61 Å². The number of benzene rings is 1. The number of carbonyl (C=O) groups is 2. The van der Waals surface area contributed by atoms with Crippen LogP contribution in [0.2, 0.25) is 0 Å². The number of ether oxygens (including phenoxy) is 1. The number of nitrogens with one attached hydrogen (secondary N) is 1. The number of esters is 1. The largest absolute Gasteiger partial charge is 0.508 e. The van der Waals surface area contributed by atoms with E-state index in [4.69, 9.17) is 4.74 Å². The van der Waals surface area contributed by atoms with Crippen LogP contribution < -0.4 is 5.32 Å². The van der Waals surface area contributed by atoms with Gasteiger partial charge in [-0.3, -0.25) is 9.59 Å². The van der Waals surface area contributed by atoms with Crippen molar-refractivity contribution in [2.45, 2.75) is 19.8 Å². The van der Waals surface area contributed by atoms with Gasteiger partial charge in [0.1, 0.15) is 11.7 Å². The van der Waals surface area contributed by atoms with Gasteiger partial charge in [0.15, 0.2) is 0 Å². The van der Waals surface area contributed by atoms with Crippen LogP contribution in [0.5, 0.6) is 5.75 Å². The second-order valence-electron chi connectivity index (χ2n) is 4.28. The third kappa shape index (κ3) is 2.03. The van der Waals surface area contributed by atoms with Crippen LogP contribution in [-0.4, -0.2) is 23.6 Å². The summed E-state index contributed by atoms with van der Waals surface area (Å²) in [7, 11) is 0. The summed E-state index contributed by atoms with van der Waals surface area (Å²) >= 11 is 0. The Morgan fingerprint density at radius 1 is 1.50 bits per heavy atom. The Morgan fingerprint density at radius 2 is 2.22 bits per heavy atom. The summed E-state index contributed by atoms with van der Waals surface area (Å²) in [6, 6.07) is 4.72. The van der Waals surface area contributed by atoms with E-state index in [0.29, 0.717) is 5.69 Å². The van der Waals surface area contributed by atoms with Crippen molar-refractivity contribution in [3.63, 3.8) is 0 Å². The number of carbonyl (C=O) groups excluding carboxylic acids is 2. The van der Waals surface area contributed by atoms with Crippen molar-refractivity contribution in [3.8, 4) is 5.75 Å². The van der Waals surface area contributed by atoms with Gasteiger partial charge in [-0.2, -0.15) is 0 Å². The molecule has 1 aliphatic rings. The lowest BCUT2D eigenvalue weighted by molar-refractivity contribution is -0.151. The highest BCUT2D eigenvalue weighted by atomic mass is 16.5. The van der Waals surface area contributed by atoms with Crippen molar-refractivity contribution in [2.24, 2.45) is 5.92 Å². The van der Waals surface area contributed by atoms with E-state index in [1.807, 2.05) is 0 Å². The third-order valence-corrected chi connectivity index (χ3v) is 3.11. The number of phenols is 1. The zero-order valence-electron chi connectivity index (χ0n) is 10.3. The molecule has 0 saturated carbocycles. The Hall–Kier alpha value is -2.04. The third-order valence-electron chi connectivity index (χ3n) is 3.11.